The zero-order valence-electron chi connectivity index (χ0n) is 17.4. The number of thioether (sulfide) groups is 1. The van der Waals surface area contributed by atoms with Crippen molar-refractivity contribution in [2.75, 3.05) is 44.0 Å². The van der Waals surface area contributed by atoms with Gasteiger partial charge in [0.15, 0.2) is 22.3 Å². The summed E-state index contributed by atoms with van der Waals surface area (Å²) < 4.78 is 17.7. The van der Waals surface area contributed by atoms with E-state index in [-0.39, 0.29) is 11.6 Å². The van der Waals surface area contributed by atoms with Crippen molar-refractivity contribution in [3.05, 3.63) is 36.4 Å². The fourth-order valence-corrected chi connectivity index (χ4v) is 3.83. The van der Waals surface area contributed by atoms with Gasteiger partial charge in [-0.2, -0.15) is 5.10 Å². The molecule has 4 aromatic heterocycles. The molecule has 0 aliphatic carbocycles. The van der Waals surface area contributed by atoms with E-state index in [0.717, 1.165) is 29.9 Å². The Hall–Kier alpha value is -3.38. The summed E-state index contributed by atoms with van der Waals surface area (Å²) in [5.74, 6) is 1.44. The molecule has 12 heteroatoms. The molecule has 0 unspecified atom stereocenters. The number of aromatic nitrogens is 5. The first-order chi connectivity index (χ1) is 15.7. The number of amides is 1. The summed E-state index contributed by atoms with van der Waals surface area (Å²) in [6.07, 6.45) is 5.25. The molecule has 11 nitrogen and oxygen atoms in total. The standard InChI is InChI=1S/C20H21N7O4S/c1-32-20-23-17(26-6-9-29-10-7-26)13-12-22-27(18(13)24-20)5-4-21-19(28)14-11-16(31-25-14)15-3-2-8-30-15/h2-3,8,11-12H,4-7,9-10H2,1H3,(H,21,28). The highest BCUT2D eigenvalue weighted by atomic mass is 32.2. The number of nitrogens with one attached hydrogen (secondary N) is 1. The molecule has 1 saturated heterocycles. The first-order valence-corrected chi connectivity index (χ1v) is 11.3. The fourth-order valence-electron chi connectivity index (χ4n) is 3.48. The molecular weight excluding hydrogens is 434 g/mol. The zero-order chi connectivity index (χ0) is 21.9. The molecule has 0 spiro atoms. The molecule has 166 valence electrons. The van der Waals surface area contributed by atoms with Crippen LogP contribution in [0.25, 0.3) is 22.6 Å². The lowest BCUT2D eigenvalue weighted by Crippen LogP contribution is -2.37. The van der Waals surface area contributed by atoms with Crippen LogP contribution in [0.15, 0.2) is 44.8 Å². The lowest BCUT2D eigenvalue weighted by Gasteiger charge is -2.28. The van der Waals surface area contributed by atoms with Crippen LogP contribution in [-0.2, 0) is 11.3 Å². The van der Waals surface area contributed by atoms with E-state index in [4.69, 9.17) is 18.7 Å². The highest BCUT2D eigenvalue weighted by molar-refractivity contribution is 7.98. The molecule has 5 rings (SSSR count). The molecule has 1 fully saturated rings. The first kappa shape index (κ1) is 20.5. The molecular formula is C20H21N7O4S. The Morgan fingerprint density at radius 1 is 1.25 bits per heavy atom. The summed E-state index contributed by atoms with van der Waals surface area (Å²) in [7, 11) is 0. The maximum Gasteiger partial charge on any atom is 0.273 e. The summed E-state index contributed by atoms with van der Waals surface area (Å²) in [6, 6.07) is 5.02. The van der Waals surface area contributed by atoms with Gasteiger partial charge in [0.25, 0.3) is 5.91 Å². The van der Waals surface area contributed by atoms with Crippen molar-refractivity contribution in [2.24, 2.45) is 0 Å². The predicted octanol–water partition coefficient (Wildman–Crippen LogP) is 2.06. The van der Waals surface area contributed by atoms with Gasteiger partial charge in [0.1, 0.15) is 5.82 Å². The lowest BCUT2D eigenvalue weighted by atomic mass is 10.3. The number of carbonyl (C=O) groups is 1. The monoisotopic (exact) mass is 455 g/mol. The molecule has 0 radical (unpaired) electrons. The molecule has 1 aliphatic rings. The Morgan fingerprint density at radius 3 is 2.91 bits per heavy atom. The number of ether oxygens (including phenoxy) is 1. The average molecular weight is 456 g/mol. The Bertz CT molecular complexity index is 1210. The number of morpholine rings is 1. The van der Waals surface area contributed by atoms with E-state index in [2.05, 4.69) is 25.5 Å². The van der Waals surface area contributed by atoms with Crippen LogP contribution in [0.4, 0.5) is 5.82 Å². The zero-order valence-corrected chi connectivity index (χ0v) is 18.2. The number of carbonyl (C=O) groups excluding carboxylic acids is 1. The van der Waals surface area contributed by atoms with Gasteiger partial charge in [-0.15, -0.1) is 0 Å². The Morgan fingerprint density at radius 2 is 2.12 bits per heavy atom. The third-order valence-corrected chi connectivity index (χ3v) is 5.61. The van der Waals surface area contributed by atoms with Gasteiger partial charge >= 0.3 is 0 Å². The second-order valence-corrected chi connectivity index (χ2v) is 7.82. The van der Waals surface area contributed by atoms with Crippen LogP contribution in [0, 0.1) is 0 Å². The van der Waals surface area contributed by atoms with Crippen molar-refractivity contribution in [2.45, 2.75) is 11.7 Å². The average Bonchev–Trinajstić information content (AvgIpc) is 3.59. The van der Waals surface area contributed by atoms with Crippen LogP contribution in [0.1, 0.15) is 10.5 Å². The van der Waals surface area contributed by atoms with Gasteiger partial charge in [-0.05, 0) is 18.4 Å². The van der Waals surface area contributed by atoms with Gasteiger partial charge in [0.05, 0.1) is 37.6 Å². The Kier molecular flexibility index (Phi) is 5.77. The Balaban J connectivity index is 1.29. The molecule has 1 amide bonds. The van der Waals surface area contributed by atoms with E-state index in [1.807, 2.05) is 6.26 Å². The Labute approximate surface area is 187 Å². The maximum atomic E-state index is 12.4. The number of rotatable bonds is 7. The van der Waals surface area contributed by atoms with Crippen molar-refractivity contribution in [1.82, 2.24) is 30.2 Å². The van der Waals surface area contributed by atoms with Crippen LogP contribution < -0.4 is 10.2 Å². The molecule has 5 heterocycles. The third-order valence-electron chi connectivity index (χ3n) is 5.06. The highest BCUT2D eigenvalue weighted by Gasteiger charge is 2.20. The maximum absolute atomic E-state index is 12.4. The van der Waals surface area contributed by atoms with E-state index < -0.39 is 0 Å². The molecule has 0 aromatic carbocycles. The van der Waals surface area contributed by atoms with Crippen molar-refractivity contribution in [1.29, 1.82) is 0 Å². The largest absolute Gasteiger partial charge is 0.461 e. The van der Waals surface area contributed by atoms with E-state index in [1.54, 1.807) is 29.1 Å². The molecule has 1 aliphatic heterocycles. The molecule has 0 saturated carbocycles. The number of nitrogens with zero attached hydrogens (tertiary/aromatic N) is 6. The number of furan rings is 1. The van der Waals surface area contributed by atoms with E-state index in [1.165, 1.54) is 18.0 Å². The van der Waals surface area contributed by atoms with Crippen molar-refractivity contribution in [3.8, 4) is 11.5 Å². The number of hydrogen-bond donors (Lipinski definition) is 1. The molecule has 4 aromatic rings. The summed E-state index contributed by atoms with van der Waals surface area (Å²) in [5.41, 5.74) is 0.921. The first-order valence-electron chi connectivity index (χ1n) is 10.1. The quantitative estimate of drug-likeness (QED) is 0.327. The topological polar surface area (TPSA) is 124 Å². The van der Waals surface area contributed by atoms with Gasteiger partial charge in [-0.25, -0.2) is 14.6 Å². The summed E-state index contributed by atoms with van der Waals surface area (Å²) in [5, 5.41) is 12.7. The van der Waals surface area contributed by atoms with Crippen LogP contribution in [-0.4, -0.2) is 69.9 Å². The van der Waals surface area contributed by atoms with E-state index >= 15 is 0 Å². The van der Waals surface area contributed by atoms with Crippen molar-refractivity contribution < 1.29 is 18.5 Å². The van der Waals surface area contributed by atoms with E-state index in [9.17, 15) is 4.79 Å². The van der Waals surface area contributed by atoms with Crippen molar-refractivity contribution >= 4 is 34.5 Å². The number of fused-ring (bicyclic) bond motifs is 1. The fraction of sp³-hybridized carbons (Fsp3) is 0.350. The smallest absolute Gasteiger partial charge is 0.273 e. The van der Waals surface area contributed by atoms with Crippen molar-refractivity contribution in [3.63, 3.8) is 0 Å². The predicted molar refractivity (Wildman–Crippen MR) is 117 cm³/mol. The molecule has 0 atom stereocenters. The summed E-state index contributed by atoms with van der Waals surface area (Å²) >= 11 is 1.48. The summed E-state index contributed by atoms with van der Waals surface area (Å²) in [6.45, 7) is 3.70. The number of hydrogen-bond acceptors (Lipinski definition) is 10. The second kappa shape index (κ2) is 9.01. The van der Waals surface area contributed by atoms with Crippen LogP contribution in [0.2, 0.25) is 0 Å². The second-order valence-electron chi connectivity index (χ2n) is 7.05. The third kappa shape index (κ3) is 4.06. The van der Waals surface area contributed by atoms with Crippen LogP contribution in [0.3, 0.4) is 0 Å². The van der Waals surface area contributed by atoms with Crippen LogP contribution >= 0.6 is 11.8 Å². The minimum absolute atomic E-state index is 0.184. The van der Waals surface area contributed by atoms with E-state index in [0.29, 0.717) is 43.0 Å². The number of anilines is 1. The SMILES string of the molecule is CSc1nc(N2CCOCC2)c2cnn(CCNC(=O)c3cc(-c4ccco4)on3)c2n1. The van der Waals surface area contributed by atoms with Gasteiger partial charge in [0.2, 0.25) is 5.76 Å². The minimum Gasteiger partial charge on any atom is -0.461 e. The molecule has 32 heavy (non-hydrogen) atoms. The lowest BCUT2D eigenvalue weighted by molar-refractivity contribution is 0.0943. The minimum atomic E-state index is -0.337. The molecule has 1 N–H and O–H groups in total. The van der Waals surface area contributed by atoms with Gasteiger partial charge in [-0.3, -0.25) is 4.79 Å². The summed E-state index contributed by atoms with van der Waals surface area (Å²) in [4.78, 5) is 24.0. The van der Waals surface area contributed by atoms with Gasteiger partial charge in [0, 0.05) is 25.7 Å². The van der Waals surface area contributed by atoms with Crippen LogP contribution in [0.5, 0.6) is 0 Å². The highest BCUT2D eigenvalue weighted by Crippen LogP contribution is 2.27. The van der Waals surface area contributed by atoms with Gasteiger partial charge < -0.3 is 23.9 Å². The molecule has 0 bridgehead atoms. The van der Waals surface area contributed by atoms with Gasteiger partial charge in [-0.1, -0.05) is 16.9 Å². The normalized spacial score (nSPS) is 14.2.